The van der Waals surface area contributed by atoms with Crippen LogP contribution in [0.1, 0.15) is 49.1 Å². The van der Waals surface area contributed by atoms with Gasteiger partial charge in [-0.1, -0.05) is 37.5 Å². The Hall–Kier alpha value is -1.83. The van der Waals surface area contributed by atoms with Crippen LogP contribution in [0, 0.1) is 13.8 Å². The Morgan fingerprint density at radius 1 is 1.05 bits per heavy atom. The van der Waals surface area contributed by atoms with Crippen molar-refractivity contribution in [1.29, 1.82) is 0 Å². The largest absolute Gasteiger partial charge is 0.318 e. The third kappa shape index (κ3) is 3.10. The van der Waals surface area contributed by atoms with Gasteiger partial charge in [0.2, 0.25) is 0 Å². The predicted molar refractivity (Wildman–Crippen MR) is 89.7 cm³/mol. The van der Waals surface area contributed by atoms with Crippen LogP contribution < -0.4 is 0 Å². The van der Waals surface area contributed by atoms with Crippen molar-refractivity contribution in [2.75, 3.05) is 0 Å². The molecular weight excluding hydrogens is 256 g/mol. The molecule has 1 aromatic heterocycles. The monoisotopic (exact) mass is 280 g/mol. The SMILES string of the molecule is Cc1cc(C=NC2CCCCC2)c(C)n1-c1ccccc1. The molecule has 2 aromatic rings. The first-order chi connectivity index (χ1) is 10.3. The maximum absolute atomic E-state index is 4.82. The maximum atomic E-state index is 4.82. The van der Waals surface area contributed by atoms with E-state index < -0.39 is 0 Å². The smallest absolute Gasteiger partial charge is 0.0499 e. The molecule has 0 amide bonds. The maximum Gasteiger partial charge on any atom is 0.0499 e. The van der Waals surface area contributed by atoms with Gasteiger partial charge in [0.25, 0.3) is 0 Å². The second kappa shape index (κ2) is 6.30. The van der Waals surface area contributed by atoms with Crippen LogP contribution in [0.2, 0.25) is 0 Å². The minimum Gasteiger partial charge on any atom is -0.318 e. The van der Waals surface area contributed by atoms with Gasteiger partial charge in [0, 0.05) is 34.9 Å². The molecule has 0 bridgehead atoms. The Morgan fingerprint density at radius 2 is 1.76 bits per heavy atom. The second-order valence-electron chi connectivity index (χ2n) is 6.07. The molecule has 1 fully saturated rings. The van der Waals surface area contributed by atoms with Crippen molar-refractivity contribution in [3.63, 3.8) is 0 Å². The van der Waals surface area contributed by atoms with E-state index in [1.54, 1.807) is 0 Å². The number of nitrogens with zero attached hydrogens (tertiary/aromatic N) is 2. The Labute approximate surface area is 127 Å². The fourth-order valence-electron chi connectivity index (χ4n) is 3.31. The Kier molecular flexibility index (Phi) is 4.23. The Bertz CT molecular complexity index is 617. The molecule has 2 heteroatoms. The van der Waals surface area contributed by atoms with Crippen molar-refractivity contribution in [2.45, 2.75) is 52.0 Å². The molecular formula is C19H24N2. The first kappa shape index (κ1) is 14.1. The van der Waals surface area contributed by atoms with E-state index in [-0.39, 0.29) is 0 Å². The molecule has 0 spiro atoms. The molecule has 0 aliphatic heterocycles. The Balaban J connectivity index is 1.86. The average molecular weight is 280 g/mol. The molecule has 1 heterocycles. The second-order valence-corrected chi connectivity index (χ2v) is 6.07. The highest BCUT2D eigenvalue weighted by Crippen LogP contribution is 2.22. The summed E-state index contributed by atoms with van der Waals surface area (Å²) >= 11 is 0. The highest BCUT2D eigenvalue weighted by atomic mass is 15.0. The van der Waals surface area contributed by atoms with Crippen LogP contribution in [-0.2, 0) is 0 Å². The zero-order valence-corrected chi connectivity index (χ0v) is 13.0. The van der Waals surface area contributed by atoms with E-state index in [0.717, 1.165) is 0 Å². The van der Waals surface area contributed by atoms with Gasteiger partial charge < -0.3 is 4.57 Å². The summed E-state index contributed by atoms with van der Waals surface area (Å²) in [6.07, 6.45) is 8.67. The molecule has 2 nitrogen and oxygen atoms in total. The summed E-state index contributed by atoms with van der Waals surface area (Å²) in [6, 6.07) is 13.3. The summed E-state index contributed by atoms with van der Waals surface area (Å²) in [5.41, 5.74) is 5.02. The molecule has 110 valence electrons. The van der Waals surface area contributed by atoms with Crippen LogP contribution in [0.15, 0.2) is 41.4 Å². The van der Waals surface area contributed by atoms with E-state index in [1.165, 1.54) is 54.7 Å². The van der Waals surface area contributed by atoms with Crippen molar-refractivity contribution >= 4 is 6.21 Å². The number of aromatic nitrogens is 1. The van der Waals surface area contributed by atoms with Gasteiger partial charge in [-0.25, -0.2) is 0 Å². The van der Waals surface area contributed by atoms with Crippen LogP contribution in [0.4, 0.5) is 0 Å². The summed E-state index contributed by atoms with van der Waals surface area (Å²) in [5, 5.41) is 0. The van der Waals surface area contributed by atoms with Crippen LogP contribution in [-0.4, -0.2) is 16.8 Å². The van der Waals surface area contributed by atoms with Gasteiger partial charge in [-0.3, -0.25) is 4.99 Å². The zero-order chi connectivity index (χ0) is 14.7. The van der Waals surface area contributed by atoms with Crippen LogP contribution in [0.25, 0.3) is 5.69 Å². The van der Waals surface area contributed by atoms with Crippen LogP contribution in [0.3, 0.4) is 0 Å². The van der Waals surface area contributed by atoms with Gasteiger partial charge in [0.05, 0.1) is 0 Å². The van der Waals surface area contributed by atoms with Gasteiger partial charge in [-0.15, -0.1) is 0 Å². The van der Waals surface area contributed by atoms with Gasteiger partial charge in [-0.2, -0.15) is 0 Å². The molecule has 3 rings (SSSR count). The first-order valence-corrected chi connectivity index (χ1v) is 8.03. The van der Waals surface area contributed by atoms with Gasteiger partial charge in [0.15, 0.2) is 0 Å². The van der Waals surface area contributed by atoms with Crippen molar-refractivity contribution in [3.05, 3.63) is 53.3 Å². The van der Waals surface area contributed by atoms with E-state index in [9.17, 15) is 0 Å². The highest BCUT2D eigenvalue weighted by molar-refractivity contribution is 5.82. The third-order valence-corrected chi connectivity index (χ3v) is 4.48. The lowest BCUT2D eigenvalue weighted by atomic mass is 9.96. The lowest BCUT2D eigenvalue weighted by Gasteiger charge is -2.17. The number of hydrogen-bond donors (Lipinski definition) is 0. The first-order valence-electron chi connectivity index (χ1n) is 8.03. The van der Waals surface area contributed by atoms with Crippen molar-refractivity contribution in [3.8, 4) is 5.69 Å². The van der Waals surface area contributed by atoms with E-state index >= 15 is 0 Å². The fourth-order valence-corrected chi connectivity index (χ4v) is 3.31. The van der Waals surface area contributed by atoms with Gasteiger partial charge in [-0.05, 0) is 44.9 Å². The zero-order valence-electron chi connectivity index (χ0n) is 13.0. The molecule has 0 saturated heterocycles. The topological polar surface area (TPSA) is 17.3 Å². The number of rotatable bonds is 3. The predicted octanol–water partition coefficient (Wildman–Crippen LogP) is 4.85. The normalized spacial score (nSPS) is 16.7. The summed E-state index contributed by atoms with van der Waals surface area (Å²) in [7, 11) is 0. The molecule has 1 aromatic carbocycles. The summed E-state index contributed by atoms with van der Waals surface area (Å²) in [6.45, 7) is 4.35. The molecule has 1 aliphatic carbocycles. The minimum absolute atomic E-state index is 0.540. The molecule has 0 N–H and O–H groups in total. The third-order valence-electron chi connectivity index (χ3n) is 4.48. The highest BCUT2D eigenvalue weighted by Gasteiger charge is 2.12. The molecule has 1 aliphatic rings. The number of benzene rings is 1. The number of hydrogen-bond acceptors (Lipinski definition) is 1. The van der Waals surface area contributed by atoms with E-state index in [2.05, 4.69) is 61.0 Å². The number of aliphatic imine (C=N–C) groups is 1. The molecule has 21 heavy (non-hydrogen) atoms. The standard InChI is InChI=1S/C19H24N2/c1-15-13-17(14-20-18-9-5-3-6-10-18)16(2)21(15)19-11-7-4-8-12-19/h4,7-8,11-14,18H,3,5-6,9-10H2,1-2H3. The fraction of sp³-hybridized carbons (Fsp3) is 0.421. The summed E-state index contributed by atoms with van der Waals surface area (Å²) in [5.74, 6) is 0. The van der Waals surface area contributed by atoms with E-state index in [4.69, 9.17) is 4.99 Å². The molecule has 0 atom stereocenters. The number of aryl methyl sites for hydroxylation is 1. The molecule has 0 radical (unpaired) electrons. The Morgan fingerprint density at radius 3 is 2.48 bits per heavy atom. The van der Waals surface area contributed by atoms with Crippen LogP contribution >= 0.6 is 0 Å². The summed E-state index contributed by atoms with van der Waals surface area (Å²) < 4.78 is 2.31. The summed E-state index contributed by atoms with van der Waals surface area (Å²) in [4.78, 5) is 4.82. The minimum atomic E-state index is 0.540. The lowest BCUT2D eigenvalue weighted by Crippen LogP contribution is -2.09. The van der Waals surface area contributed by atoms with Gasteiger partial charge >= 0.3 is 0 Å². The van der Waals surface area contributed by atoms with Crippen molar-refractivity contribution < 1.29 is 0 Å². The lowest BCUT2D eigenvalue weighted by molar-refractivity contribution is 0.444. The van der Waals surface area contributed by atoms with Crippen molar-refractivity contribution in [2.24, 2.45) is 4.99 Å². The van der Waals surface area contributed by atoms with E-state index in [0.29, 0.717) is 6.04 Å². The van der Waals surface area contributed by atoms with E-state index in [1.807, 2.05) is 0 Å². The van der Waals surface area contributed by atoms with Gasteiger partial charge in [0.1, 0.15) is 0 Å². The average Bonchev–Trinajstić information content (AvgIpc) is 2.81. The molecule has 0 unspecified atom stereocenters. The number of para-hydroxylation sites is 1. The van der Waals surface area contributed by atoms with Crippen molar-refractivity contribution in [1.82, 2.24) is 4.57 Å². The quantitative estimate of drug-likeness (QED) is 0.715. The van der Waals surface area contributed by atoms with Crippen LogP contribution in [0.5, 0.6) is 0 Å². The molecule has 1 saturated carbocycles.